The van der Waals surface area contributed by atoms with Gasteiger partial charge in [-0.05, 0) is 48.0 Å². The molecule has 0 unspecified atom stereocenters. The maximum atomic E-state index is 13.9. The molecule has 2 amide bonds. The number of primary amides is 1. The zero-order valence-corrected chi connectivity index (χ0v) is 20.7. The lowest BCUT2D eigenvalue weighted by molar-refractivity contribution is -0.136. The van der Waals surface area contributed by atoms with Gasteiger partial charge >= 0.3 is 12.2 Å². The molecular formula is C31H19F3N4O2. The summed E-state index contributed by atoms with van der Waals surface area (Å²) in [6.45, 7) is 0. The van der Waals surface area contributed by atoms with E-state index in [0.29, 0.717) is 28.1 Å². The van der Waals surface area contributed by atoms with Crippen LogP contribution < -0.4 is 10.6 Å². The molecule has 0 spiro atoms. The Morgan fingerprint density at radius 3 is 2.20 bits per heavy atom. The number of pyridine rings is 1. The van der Waals surface area contributed by atoms with E-state index < -0.39 is 23.6 Å². The number of ketones is 1. The Balaban J connectivity index is 1.76. The van der Waals surface area contributed by atoms with Crippen LogP contribution in [0.15, 0.2) is 103 Å². The van der Waals surface area contributed by atoms with Crippen molar-refractivity contribution in [2.24, 2.45) is 5.73 Å². The number of hydrogen-bond acceptors (Lipinski definition) is 4. The number of para-hydroxylation sites is 1. The van der Waals surface area contributed by atoms with Gasteiger partial charge in [-0.2, -0.15) is 18.4 Å². The van der Waals surface area contributed by atoms with Crippen LogP contribution in [0.25, 0.3) is 22.0 Å². The number of aromatic nitrogens is 1. The maximum Gasteiger partial charge on any atom is 0.418 e. The quantitative estimate of drug-likeness (QED) is 0.239. The van der Waals surface area contributed by atoms with Crippen LogP contribution >= 0.6 is 0 Å². The summed E-state index contributed by atoms with van der Waals surface area (Å²) in [7, 11) is 0. The van der Waals surface area contributed by atoms with Crippen molar-refractivity contribution in [1.82, 2.24) is 4.98 Å². The first kappa shape index (κ1) is 26.1. The number of alkyl halides is 3. The topological polar surface area (TPSA) is 100 Å². The molecule has 0 aliphatic carbocycles. The van der Waals surface area contributed by atoms with Gasteiger partial charge in [-0.15, -0.1) is 0 Å². The molecule has 0 bridgehead atoms. The van der Waals surface area contributed by atoms with Gasteiger partial charge in [-0.25, -0.2) is 4.79 Å². The Hall–Kier alpha value is -5.49. The lowest BCUT2D eigenvalue weighted by Gasteiger charge is -2.22. The Morgan fingerprint density at radius 2 is 1.55 bits per heavy atom. The molecule has 4 aromatic carbocycles. The molecule has 5 aromatic rings. The SMILES string of the molecule is N#Cc1ccc(N(C(N)=O)c2cccc(-c3c(C(=O)c4ccccc4)cnc4c(C(F)(F)F)cccc34)c2)cc1. The summed E-state index contributed by atoms with van der Waals surface area (Å²) in [5.74, 6) is -0.424. The number of nitrogens with zero attached hydrogens (tertiary/aromatic N) is 3. The largest absolute Gasteiger partial charge is 0.418 e. The lowest BCUT2D eigenvalue weighted by Crippen LogP contribution is -2.31. The molecule has 6 nitrogen and oxygen atoms in total. The number of anilines is 2. The third-order valence-electron chi connectivity index (χ3n) is 6.35. The van der Waals surface area contributed by atoms with Gasteiger partial charge in [0.1, 0.15) is 0 Å². The first-order chi connectivity index (χ1) is 19.2. The summed E-state index contributed by atoms with van der Waals surface area (Å²) >= 11 is 0. The van der Waals surface area contributed by atoms with Crippen LogP contribution in [0, 0.1) is 11.3 Å². The van der Waals surface area contributed by atoms with Gasteiger partial charge in [0.15, 0.2) is 5.78 Å². The first-order valence-electron chi connectivity index (χ1n) is 12.0. The third-order valence-corrected chi connectivity index (χ3v) is 6.35. The van der Waals surface area contributed by atoms with Crippen molar-refractivity contribution >= 4 is 34.1 Å². The highest BCUT2D eigenvalue weighted by molar-refractivity contribution is 6.17. The number of nitrogens with two attached hydrogens (primary N) is 1. The molecule has 0 fully saturated rings. The van der Waals surface area contributed by atoms with Crippen LogP contribution in [-0.4, -0.2) is 16.8 Å². The molecule has 0 aliphatic rings. The van der Waals surface area contributed by atoms with E-state index >= 15 is 0 Å². The molecule has 0 atom stereocenters. The Labute approximate surface area is 226 Å². The Morgan fingerprint density at radius 1 is 0.850 bits per heavy atom. The normalized spacial score (nSPS) is 11.2. The van der Waals surface area contributed by atoms with Gasteiger partial charge in [0.05, 0.1) is 34.1 Å². The summed E-state index contributed by atoms with van der Waals surface area (Å²) in [6, 6.07) is 25.8. The van der Waals surface area contributed by atoms with Gasteiger partial charge in [0.2, 0.25) is 0 Å². The maximum absolute atomic E-state index is 13.9. The first-order valence-corrected chi connectivity index (χ1v) is 12.0. The zero-order chi connectivity index (χ0) is 28.4. The van der Waals surface area contributed by atoms with Crippen molar-refractivity contribution in [2.45, 2.75) is 6.18 Å². The van der Waals surface area contributed by atoms with Crippen LogP contribution in [0.1, 0.15) is 27.0 Å². The molecule has 40 heavy (non-hydrogen) atoms. The summed E-state index contributed by atoms with van der Waals surface area (Å²) in [6.07, 6.45) is -3.52. The van der Waals surface area contributed by atoms with Crippen molar-refractivity contribution < 1.29 is 22.8 Å². The second-order valence-corrected chi connectivity index (χ2v) is 8.82. The molecule has 1 aromatic heterocycles. The highest BCUT2D eigenvalue weighted by Crippen LogP contribution is 2.40. The molecule has 0 saturated carbocycles. The fourth-order valence-electron chi connectivity index (χ4n) is 4.57. The van der Waals surface area contributed by atoms with Crippen molar-refractivity contribution in [1.29, 1.82) is 5.26 Å². The highest BCUT2D eigenvalue weighted by Gasteiger charge is 2.34. The summed E-state index contributed by atoms with van der Waals surface area (Å²) in [4.78, 5) is 31.4. The number of benzene rings is 4. The lowest BCUT2D eigenvalue weighted by atomic mass is 9.91. The minimum atomic E-state index is -4.67. The number of amides is 2. The smallest absolute Gasteiger partial charge is 0.351 e. The highest BCUT2D eigenvalue weighted by atomic mass is 19.4. The van der Waals surface area contributed by atoms with Gasteiger partial charge in [0, 0.05) is 28.3 Å². The van der Waals surface area contributed by atoms with Gasteiger partial charge in [0.25, 0.3) is 0 Å². The number of urea groups is 1. The molecular weight excluding hydrogens is 517 g/mol. The molecule has 9 heteroatoms. The summed E-state index contributed by atoms with van der Waals surface area (Å²) in [5.41, 5.74) is 6.58. The van der Waals surface area contributed by atoms with E-state index in [4.69, 9.17) is 11.0 Å². The van der Waals surface area contributed by atoms with Crippen molar-refractivity contribution in [3.63, 3.8) is 0 Å². The number of fused-ring (bicyclic) bond motifs is 1. The van der Waals surface area contributed by atoms with E-state index in [1.54, 1.807) is 66.7 Å². The average Bonchev–Trinajstić information content (AvgIpc) is 2.96. The predicted octanol–water partition coefficient (Wildman–Crippen LogP) is 7.24. The molecule has 5 rings (SSSR count). The number of carbonyl (C=O) groups excluding carboxylic acids is 2. The standard InChI is InChI=1S/C31H19F3N4O2/c32-31(33,34)26-11-5-10-24-27(25(18-37-28(24)26)29(39)20-6-2-1-3-7-20)21-8-4-9-23(16-21)38(30(36)40)22-14-12-19(17-35)13-15-22/h1-16,18H,(H2,36,40). The molecule has 0 aliphatic heterocycles. The van der Waals surface area contributed by atoms with E-state index in [2.05, 4.69) is 4.98 Å². The fourth-order valence-corrected chi connectivity index (χ4v) is 4.57. The molecule has 1 heterocycles. The van der Waals surface area contributed by atoms with Crippen LogP contribution in [0.2, 0.25) is 0 Å². The zero-order valence-electron chi connectivity index (χ0n) is 20.7. The van der Waals surface area contributed by atoms with E-state index in [1.807, 2.05) is 6.07 Å². The van der Waals surface area contributed by atoms with E-state index in [1.165, 1.54) is 29.2 Å². The van der Waals surface area contributed by atoms with E-state index in [9.17, 15) is 22.8 Å². The second kappa shape index (κ2) is 10.3. The average molecular weight is 537 g/mol. The van der Waals surface area contributed by atoms with Crippen molar-refractivity contribution in [3.8, 4) is 17.2 Å². The molecule has 196 valence electrons. The summed E-state index contributed by atoms with van der Waals surface area (Å²) in [5, 5.41) is 9.23. The van der Waals surface area contributed by atoms with E-state index in [-0.39, 0.29) is 22.0 Å². The van der Waals surface area contributed by atoms with Crippen LogP contribution in [0.4, 0.5) is 29.3 Å². The van der Waals surface area contributed by atoms with Gasteiger partial charge < -0.3 is 5.73 Å². The predicted molar refractivity (Wildman–Crippen MR) is 145 cm³/mol. The second-order valence-electron chi connectivity index (χ2n) is 8.82. The third kappa shape index (κ3) is 4.86. The number of nitriles is 1. The Kier molecular flexibility index (Phi) is 6.76. The molecule has 2 N–H and O–H groups in total. The number of hydrogen-bond donors (Lipinski definition) is 1. The number of rotatable bonds is 5. The van der Waals surface area contributed by atoms with Crippen molar-refractivity contribution in [2.75, 3.05) is 4.90 Å². The van der Waals surface area contributed by atoms with E-state index in [0.717, 1.165) is 12.3 Å². The Bertz CT molecular complexity index is 1790. The molecule has 0 saturated heterocycles. The molecule has 0 radical (unpaired) electrons. The number of carbonyl (C=O) groups is 2. The van der Waals surface area contributed by atoms with Crippen LogP contribution in [0.5, 0.6) is 0 Å². The van der Waals surface area contributed by atoms with Crippen molar-refractivity contribution in [3.05, 3.63) is 126 Å². The van der Waals surface area contributed by atoms with Crippen LogP contribution in [-0.2, 0) is 6.18 Å². The summed E-state index contributed by atoms with van der Waals surface area (Å²) < 4.78 is 41.7. The monoisotopic (exact) mass is 536 g/mol. The minimum Gasteiger partial charge on any atom is -0.351 e. The van der Waals surface area contributed by atoms with Gasteiger partial charge in [-0.3, -0.25) is 14.7 Å². The fraction of sp³-hybridized carbons (Fsp3) is 0.0323. The number of halogens is 3. The van der Waals surface area contributed by atoms with Gasteiger partial charge in [-0.1, -0.05) is 54.6 Å². The van der Waals surface area contributed by atoms with Crippen LogP contribution in [0.3, 0.4) is 0 Å². The minimum absolute atomic E-state index is 0.0965.